The summed E-state index contributed by atoms with van der Waals surface area (Å²) in [6.45, 7) is 7.17. The maximum atomic E-state index is 13.5. The van der Waals surface area contributed by atoms with Crippen molar-refractivity contribution in [2.45, 2.75) is 84.0 Å². The number of epoxide rings is 1. The molecular weight excluding hydrogens is 640 g/mol. The number of hydrogen-bond acceptors (Lipinski definition) is 9. The highest BCUT2D eigenvalue weighted by molar-refractivity contribution is 6.32. The number of amides is 2. The molecule has 48 heavy (non-hydrogen) atoms. The summed E-state index contributed by atoms with van der Waals surface area (Å²) in [6.07, 6.45) is 1.08. The first-order chi connectivity index (χ1) is 22.9. The molecule has 2 aromatic carbocycles. The molecule has 2 aliphatic rings. The second-order valence-electron chi connectivity index (χ2n) is 12.8. The summed E-state index contributed by atoms with van der Waals surface area (Å²) < 4.78 is 22.9. The zero-order valence-electron chi connectivity index (χ0n) is 27.9. The molecule has 2 amide bonds. The van der Waals surface area contributed by atoms with Crippen molar-refractivity contribution in [1.82, 2.24) is 10.6 Å². The Labute approximate surface area is 286 Å². The van der Waals surface area contributed by atoms with E-state index in [4.69, 9.17) is 30.5 Å². The zero-order valence-corrected chi connectivity index (χ0v) is 28.7. The molecular formula is C36H45ClN2O9. The second-order valence-corrected chi connectivity index (χ2v) is 13.2. The minimum Gasteiger partial charge on any atom is -0.495 e. The number of ether oxygens (including phenoxy) is 4. The van der Waals surface area contributed by atoms with E-state index in [1.165, 1.54) is 13.2 Å². The van der Waals surface area contributed by atoms with Crippen molar-refractivity contribution in [2.24, 2.45) is 17.8 Å². The van der Waals surface area contributed by atoms with Crippen LogP contribution in [0.4, 0.5) is 0 Å². The number of nitrogens with one attached hydrogen (secondary N) is 2. The largest absolute Gasteiger partial charge is 0.495 e. The molecule has 0 saturated carbocycles. The Balaban J connectivity index is 1.58. The minimum atomic E-state index is -1.15. The number of carbonyl (C=O) groups is 4. The predicted molar refractivity (Wildman–Crippen MR) is 178 cm³/mol. The molecule has 7 unspecified atom stereocenters. The van der Waals surface area contributed by atoms with Gasteiger partial charge >= 0.3 is 11.9 Å². The maximum absolute atomic E-state index is 13.5. The van der Waals surface area contributed by atoms with Gasteiger partial charge < -0.3 is 34.7 Å². The van der Waals surface area contributed by atoms with Crippen molar-refractivity contribution < 1.29 is 43.2 Å². The number of carbonyl (C=O) groups excluding carboxylic acids is 4. The van der Waals surface area contributed by atoms with Crippen LogP contribution >= 0.6 is 11.6 Å². The van der Waals surface area contributed by atoms with Crippen LogP contribution in [0.2, 0.25) is 5.02 Å². The van der Waals surface area contributed by atoms with Crippen molar-refractivity contribution in [3.8, 4) is 5.75 Å². The Morgan fingerprint density at radius 2 is 1.71 bits per heavy atom. The van der Waals surface area contributed by atoms with Gasteiger partial charge in [-0.25, -0.2) is 4.79 Å². The van der Waals surface area contributed by atoms with Crippen LogP contribution in [-0.2, 0) is 46.4 Å². The van der Waals surface area contributed by atoms with E-state index in [9.17, 15) is 24.3 Å². The number of benzene rings is 2. The average molecular weight is 685 g/mol. The Hall–Kier alpha value is -3.93. The number of methoxy groups -OCH3 is 1. The molecule has 12 heteroatoms. The Bertz CT molecular complexity index is 1480. The normalized spacial score (nSPS) is 26.9. The summed E-state index contributed by atoms with van der Waals surface area (Å²) in [5.41, 5.74) is 2.41. The Morgan fingerprint density at radius 1 is 1.00 bits per heavy atom. The van der Waals surface area contributed by atoms with Gasteiger partial charge in [0, 0.05) is 25.3 Å². The summed E-state index contributed by atoms with van der Waals surface area (Å²) in [7, 11) is 1.50. The van der Waals surface area contributed by atoms with E-state index in [-0.39, 0.29) is 56.5 Å². The van der Waals surface area contributed by atoms with Gasteiger partial charge in [0.2, 0.25) is 11.8 Å². The monoisotopic (exact) mass is 684 g/mol. The van der Waals surface area contributed by atoms with Crippen LogP contribution in [0.15, 0.2) is 54.6 Å². The first-order valence-electron chi connectivity index (χ1n) is 16.2. The number of cyclic esters (lactones) is 2. The number of rotatable bonds is 9. The molecule has 0 radical (unpaired) electrons. The summed E-state index contributed by atoms with van der Waals surface area (Å²) in [4.78, 5) is 53.1. The Kier molecular flexibility index (Phi) is 13.0. The molecule has 2 aromatic rings. The van der Waals surface area contributed by atoms with E-state index in [1.807, 2.05) is 45.0 Å². The lowest BCUT2D eigenvalue weighted by atomic mass is 9.93. The second kappa shape index (κ2) is 16.9. The van der Waals surface area contributed by atoms with E-state index < -0.39 is 47.9 Å². The first kappa shape index (κ1) is 36.9. The van der Waals surface area contributed by atoms with Crippen molar-refractivity contribution in [2.75, 3.05) is 13.7 Å². The molecule has 0 spiro atoms. The van der Waals surface area contributed by atoms with Gasteiger partial charge in [-0.2, -0.15) is 0 Å². The topological polar surface area (TPSA) is 153 Å². The smallest absolute Gasteiger partial charge is 0.347 e. The lowest BCUT2D eigenvalue weighted by Crippen LogP contribution is -2.49. The van der Waals surface area contributed by atoms with Gasteiger partial charge in [-0.05, 0) is 47.2 Å². The third-order valence-electron chi connectivity index (χ3n) is 8.51. The fourth-order valence-electron chi connectivity index (χ4n) is 5.56. The van der Waals surface area contributed by atoms with Crippen LogP contribution in [-0.4, -0.2) is 66.9 Å². The van der Waals surface area contributed by atoms with Crippen molar-refractivity contribution >= 4 is 35.4 Å². The van der Waals surface area contributed by atoms with Crippen LogP contribution in [0.1, 0.15) is 63.3 Å². The van der Waals surface area contributed by atoms with Gasteiger partial charge in [0.05, 0.1) is 30.8 Å². The van der Waals surface area contributed by atoms with Gasteiger partial charge in [-0.3, -0.25) is 14.4 Å². The minimum absolute atomic E-state index is 0.0145. The lowest BCUT2D eigenvalue weighted by Gasteiger charge is -2.27. The number of esters is 2. The van der Waals surface area contributed by atoms with Crippen molar-refractivity contribution in [3.05, 3.63) is 76.3 Å². The highest BCUT2D eigenvalue weighted by Gasteiger charge is 2.47. The maximum Gasteiger partial charge on any atom is 0.347 e. The number of halogens is 1. The molecule has 2 aliphatic heterocycles. The highest BCUT2D eigenvalue weighted by Crippen LogP contribution is 2.45. The molecule has 7 atom stereocenters. The molecule has 4 rings (SSSR count). The van der Waals surface area contributed by atoms with Gasteiger partial charge in [0.25, 0.3) is 0 Å². The molecule has 260 valence electrons. The van der Waals surface area contributed by atoms with E-state index in [2.05, 4.69) is 10.6 Å². The van der Waals surface area contributed by atoms with Crippen LogP contribution in [0.3, 0.4) is 0 Å². The van der Waals surface area contributed by atoms with Crippen LogP contribution in [0.25, 0.3) is 0 Å². The van der Waals surface area contributed by atoms with Crippen LogP contribution in [0, 0.1) is 17.8 Å². The van der Waals surface area contributed by atoms with Crippen LogP contribution < -0.4 is 15.4 Å². The first-order valence-corrected chi connectivity index (χ1v) is 16.6. The number of hydrogen-bond donors (Lipinski definition) is 3. The lowest BCUT2D eigenvalue weighted by molar-refractivity contribution is -0.176. The Morgan fingerprint density at radius 3 is 2.35 bits per heavy atom. The molecule has 11 nitrogen and oxygen atoms in total. The quantitative estimate of drug-likeness (QED) is 0.260. The molecule has 2 heterocycles. The summed E-state index contributed by atoms with van der Waals surface area (Å²) >= 11 is 6.30. The van der Waals surface area contributed by atoms with E-state index in [1.54, 1.807) is 31.2 Å². The summed E-state index contributed by atoms with van der Waals surface area (Å²) in [5.74, 6) is -2.95. The highest BCUT2D eigenvalue weighted by atomic mass is 35.5. The van der Waals surface area contributed by atoms with Crippen LogP contribution in [0.5, 0.6) is 5.75 Å². The van der Waals surface area contributed by atoms with E-state index >= 15 is 0 Å². The molecule has 0 aromatic heterocycles. The fraction of sp³-hybridized carbons (Fsp3) is 0.500. The van der Waals surface area contributed by atoms with Gasteiger partial charge in [-0.1, -0.05) is 75.7 Å². The molecule has 1 saturated heterocycles. The van der Waals surface area contributed by atoms with Gasteiger partial charge in [0.15, 0.2) is 6.10 Å². The van der Waals surface area contributed by atoms with Gasteiger partial charge in [-0.15, -0.1) is 0 Å². The van der Waals surface area contributed by atoms with E-state index in [0.29, 0.717) is 16.3 Å². The van der Waals surface area contributed by atoms with Gasteiger partial charge in [0.1, 0.15) is 24.0 Å². The molecule has 0 aliphatic carbocycles. The zero-order chi connectivity index (χ0) is 35.0. The molecule has 3 N–H and O–H groups in total. The molecule has 0 bridgehead atoms. The third-order valence-corrected chi connectivity index (χ3v) is 8.80. The SMILES string of the molecule is COc1ccc(CC2NC(=O)/C=C/CC(C(C)C3OC3c3ccc(CO)cc3)OC(=O)C(CC(C)C)OC(=O)C(C)CNC2=O)cc1Cl. The number of aliphatic hydroxyl groups excluding tert-OH is 1. The summed E-state index contributed by atoms with van der Waals surface area (Å²) in [5, 5.41) is 15.2. The molecule has 1 fully saturated rings. The van der Waals surface area contributed by atoms with E-state index in [0.717, 1.165) is 11.1 Å². The fourth-order valence-corrected chi connectivity index (χ4v) is 5.84. The van der Waals surface area contributed by atoms with Crippen molar-refractivity contribution in [1.29, 1.82) is 0 Å². The predicted octanol–water partition coefficient (Wildman–Crippen LogP) is 4.23. The average Bonchev–Trinajstić information content (AvgIpc) is 3.86. The van der Waals surface area contributed by atoms with Crippen molar-refractivity contribution in [3.63, 3.8) is 0 Å². The third kappa shape index (κ3) is 10.0. The standard InChI is InChI=1S/C36H45ClN2O9/c1-20(2)15-30-36(44)46-28(22(4)32-33(48-32)25-12-9-23(19-40)10-13-25)7-6-8-31(41)39-27(34(42)38-18-21(3)35(43)47-30)17-24-11-14-29(45-5)26(37)16-24/h6,8-14,16,20-22,27-28,30,32-33,40H,7,15,17-19H2,1-5H3,(H,38,42)(H,39,41)/b8-6+. The summed E-state index contributed by atoms with van der Waals surface area (Å²) in [6, 6.07) is 11.6. The number of aliphatic hydroxyl groups is 1.